The second-order valence-electron chi connectivity index (χ2n) is 7.56. The van der Waals surface area contributed by atoms with Crippen LogP contribution >= 0.6 is 27.7 Å². The summed E-state index contributed by atoms with van der Waals surface area (Å²) in [6.45, 7) is 2.18. The second kappa shape index (κ2) is 5.85. The van der Waals surface area contributed by atoms with Gasteiger partial charge in [0.15, 0.2) is 0 Å². The van der Waals surface area contributed by atoms with Crippen molar-refractivity contribution in [1.29, 1.82) is 0 Å². The molecule has 0 saturated heterocycles. The molecule has 1 unspecified atom stereocenters. The summed E-state index contributed by atoms with van der Waals surface area (Å²) >= 11 is 5.75. The van der Waals surface area contributed by atoms with E-state index in [1.165, 1.54) is 53.2 Å². The minimum Gasteiger partial charge on any atom is -0.0894 e. The zero-order chi connectivity index (χ0) is 18.9. The van der Waals surface area contributed by atoms with Gasteiger partial charge >= 0.3 is 0 Å². The normalized spacial score (nSPS) is 18.4. The molecule has 0 fully saturated rings. The molecule has 0 N–H and O–H groups in total. The molecule has 1 spiro atoms. The van der Waals surface area contributed by atoms with E-state index in [-0.39, 0.29) is 5.41 Å². The van der Waals surface area contributed by atoms with Gasteiger partial charge in [0.25, 0.3) is 0 Å². The van der Waals surface area contributed by atoms with Gasteiger partial charge in [-0.2, -0.15) is 0 Å². The highest BCUT2D eigenvalue weighted by atomic mass is 79.9. The average Bonchev–Trinajstić information content (AvgIpc) is 3.01. The van der Waals surface area contributed by atoms with Crippen LogP contribution in [0.1, 0.15) is 27.8 Å². The molecule has 4 aromatic rings. The Labute approximate surface area is 177 Å². The summed E-state index contributed by atoms with van der Waals surface area (Å²) in [6, 6.07) is 31.4. The molecule has 0 radical (unpaired) electrons. The molecule has 0 nitrogen and oxygen atoms in total. The fourth-order valence-corrected chi connectivity index (χ4v) is 6.89. The van der Waals surface area contributed by atoms with Crippen LogP contribution < -0.4 is 0 Å². The molecule has 0 aromatic heterocycles. The lowest BCUT2D eigenvalue weighted by atomic mass is 9.67. The quantitative estimate of drug-likeness (QED) is 0.234. The summed E-state index contributed by atoms with van der Waals surface area (Å²) in [5, 5.41) is 0. The van der Waals surface area contributed by atoms with Crippen LogP contribution in [0.15, 0.2) is 99.2 Å². The summed E-state index contributed by atoms with van der Waals surface area (Å²) in [4.78, 5) is 2.71. The van der Waals surface area contributed by atoms with E-state index in [9.17, 15) is 0 Å². The Morgan fingerprint density at radius 1 is 0.679 bits per heavy atom. The van der Waals surface area contributed by atoms with Crippen LogP contribution in [0.4, 0.5) is 0 Å². The van der Waals surface area contributed by atoms with Gasteiger partial charge in [-0.3, -0.25) is 0 Å². The Hall–Kier alpha value is -2.29. The summed E-state index contributed by atoms with van der Waals surface area (Å²) in [6.07, 6.45) is 0. The molecule has 2 aliphatic rings. The summed E-state index contributed by atoms with van der Waals surface area (Å²) < 4.78 is 1.17. The molecule has 134 valence electrons. The molecule has 1 atom stereocenters. The van der Waals surface area contributed by atoms with Gasteiger partial charge in [0.2, 0.25) is 0 Å². The van der Waals surface area contributed by atoms with Crippen LogP contribution in [-0.4, -0.2) is 0 Å². The van der Waals surface area contributed by atoms with E-state index in [1.54, 1.807) is 0 Å². The Kier molecular flexibility index (Phi) is 3.48. The Bertz CT molecular complexity index is 1270. The molecule has 0 saturated carbocycles. The van der Waals surface area contributed by atoms with E-state index in [0.717, 1.165) is 0 Å². The Balaban J connectivity index is 1.86. The molecule has 0 bridgehead atoms. The van der Waals surface area contributed by atoms with Crippen LogP contribution in [-0.2, 0) is 5.41 Å². The zero-order valence-corrected chi connectivity index (χ0v) is 17.8. The van der Waals surface area contributed by atoms with Crippen molar-refractivity contribution in [1.82, 2.24) is 0 Å². The molecule has 6 rings (SSSR count). The molecule has 4 aromatic carbocycles. The predicted molar refractivity (Wildman–Crippen MR) is 120 cm³/mol. The molecule has 0 amide bonds. The van der Waals surface area contributed by atoms with Crippen molar-refractivity contribution in [2.45, 2.75) is 22.1 Å². The topological polar surface area (TPSA) is 0 Å². The van der Waals surface area contributed by atoms with Crippen molar-refractivity contribution >= 4 is 27.7 Å². The van der Waals surface area contributed by atoms with Crippen LogP contribution in [0.3, 0.4) is 0 Å². The van der Waals surface area contributed by atoms with Gasteiger partial charge in [-0.1, -0.05) is 94.4 Å². The van der Waals surface area contributed by atoms with E-state index >= 15 is 0 Å². The minimum atomic E-state index is -0.263. The van der Waals surface area contributed by atoms with Gasteiger partial charge in [0.1, 0.15) is 0 Å². The standard InChI is InChI=1S/C26H17BrS/c1-16-13-14-20-24(15-16)28-23-12-5-4-9-19(23)26(20)18-8-3-2-7-17(18)25-21(26)10-6-11-22(25)27/h2-15H,1H3. The maximum absolute atomic E-state index is 3.85. The first-order valence-corrected chi connectivity index (χ1v) is 11.1. The Morgan fingerprint density at radius 3 is 2.29 bits per heavy atom. The van der Waals surface area contributed by atoms with Crippen molar-refractivity contribution < 1.29 is 0 Å². The SMILES string of the molecule is Cc1ccc2c(c1)Sc1ccccc1C21c2ccccc2-c2c(Br)cccc21. The highest BCUT2D eigenvalue weighted by Crippen LogP contribution is 2.62. The lowest BCUT2D eigenvalue weighted by Crippen LogP contribution is -2.32. The fraction of sp³-hybridized carbons (Fsp3) is 0.0769. The van der Waals surface area contributed by atoms with Crippen LogP contribution in [0, 0.1) is 6.92 Å². The third-order valence-corrected chi connectivity index (χ3v) is 7.86. The Morgan fingerprint density at radius 2 is 1.39 bits per heavy atom. The van der Waals surface area contributed by atoms with Crippen LogP contribution in [0.5, 0.6) is 0 Å². The molecule has 28 heavy (non-hydrogen) atoms. The zero-order valence-electron chi connectivity index (χ0n) is 15.4. The van der Waals surface area contributed by atoms with E-state index in [2.05, 4.69) is 108 Å². The third-order valence-electron chi connectivity index (χ3n) is 6.07. The van der Waals surface area contributed by atoms with Crippen LogP contribution in [0.2, 0.25) is 0 Å². The van der Waals surface area contributed by atoms with Crippen molar-refractivity contribution in [2.24, 2.45) is 0 Å². The van der Waals surface area contributed by atoms with E-state index in [1.807, 2.05) is 11.8 Å². The highest BCUT2D eigenvalue weighted by Gasteiger charge is 2.50. The van der Waals surface area contributed by atoms with Gasteiger partial charge in [0, 0.05) is 19.8 Å². The predicted octanol–water partition coefficient (Wildman–Crippen LogP) is 7.59. The molecule has 1 aliphatic carbocycles. The van der Waals surface area contributed by atoms with Crippen molar-refractivity contribution in [3.8, 4) is 11.1 Å². The van der Waals surface area contributed by atoms with Crippen molar-refractivity contribution in [3.05, 3.63) is 117 Å². The maximum atomic E-state index is 3.85. The first-order valence-electron chi connectivity index (χ1n) is 9.48. The number of hydrogen-bond acceptors (Lipinski definition) is 1. The smallest absolute Gasteiger partial charge is 0.0735 e. The first kappa shape index (κ1) is 16.6. The second-order valence-corrected chi connectivity index (χ2v) is 9.49. The van der Waals surface area contributed by atoms with Gasteiger partial charge in [-0.25, -0.2) is 0 Å². The number of fused-ring (bicyclic) bond motifs is 9. The number of hydrogen-bond donors (Lipinski definition) is 0. The maximum Gasteiger partial charge on any atom is 0.0735 e. The summed E-state index contributed by atoms with van der Waals surface area (Å²) in [5.74, 6) is 0. The van der Waals surface area contributed by atoms with E-state index in [0.29, 0.717) is 0 Å². The summed E-state index contributed by atoms with van der Waals surface area (Å²) in [5.41, 5.74) is 9.24. The number of halogens is 1. The molecule has 1 heterocycles. The van der Waals surface area contributed by atoms with Gasteiger partial charge in [-0.05, 0) is 58.5 Å². The first-order chi connectivity index (χ1) is 13.7. The minimum absolute atomic E-state index is 0.263. The van der Waals surface area contributed by atoms with E-state index in [4.69, 9.17) is 0 Å². The monoisotopic (exact) mass is 440 g/mol. The largest absolute Gasteiger partial charge is 0.0894 e. The van der Waals surface area contributed by atoms with Crippen molar-refractivity contribution in [3.63, 3.8) is 0 Å². The van der Waals surface area contributed by atoms with E-state index < -0.39 is 0 Å². The lowest BCUT2D eigenvalue weighted by molar-refractivity contribution is 0.721. The third kappa shape index (κ3) is 1.97. The molecular weight excluding hydrogens is 424 g/mol. The molecular formula is C26H17BrS. The van der Waals surface area contributed by atoms with Gasteiger partial charge in [-0.15, -0.1) is 0 Å². The lowest BCUT2D eigenvalue weighted by Gasteiger charge is -2.39. The number of benzene rings is 4. The van der Waals surface area contributed by atoms with Gasteiger partial charge in [0.05, 0.1) is 5.41 Å². The van der Waals surface area contributed by atoms with Crippen LogP contribution in [0.25, 0.3) is 11.1 Å². The number of rotatable bonds is 0. The average molecular weight is 441 g/mol. The molecule has 2 heteroatoms. The highest BCUT2D eigenvalue weighted by molar-refractivity contribution is 9.10. The van der Waals surface area contributed by atoms with Crippen molar-refractivity contribution in [2.75, 3.05) is 0 Å². The number of aryl methyl sites for hydroxylation is 1. The van der Waals surface area contributed by atoms with Gasteiger partial charge < -0.3 is 0 Å². The molecule has 1 aliphatic heterocycles. The summed E-state index contributed by atoms with van der Waals surface area (Å²) in [7, 11) is 0. The fourth-order valence-electron chi connectivity index (χ4n) is 5.02.